The highest BCUT2D eigenvalue weighted by molar-refractivity contribution is 5.16. The minimum Gasteiger partial charge on any atom is -0.315 e. The molecule has 15 heavy (non-hydrogen) atoms. The van der Waals surface area contributed by atoms with Crippen LogP contribution in [0.25, 0.3) is 0 Å². The molecule has 1 heterocycles. The van der Waals surface area contributed by atoms with Gasteiger partial charge >= 0.3 is 0 Å². The number of nitrogens with one attached hydrogen (secondary N) is 1. The van der Waals surface area contributed by atoms with Crippen molar-refractivity contribution in [1.82, 2.24) is 10.2 Å². The van der Waals surface area contributed by atoms with Crippen molar-refractivity contribution in [2.24, 2.45) is 0 Å². The standard InChI is InChI=1S/C13H20N2/c1-15-9-5-8-14-11-13(15)10-12-6-3-2-4-7-12/h2-4,6-7,13-14H,5,8-11H2,1H3. The average molecular weight is 204 g/mol. The Morgan fingerprint density at radius 3 is 2.93 bits per heavy atom. The summed E-state index contributed by atoms with van der Waals surface area (Å²) in [6.45, 7) is 3.49. The van der Waals surface area contributed by atoms with Crippen LogP contribution < -0.4 is 5.32 Å². The second-order valence-corrected chi connectivity index (χ2v) is 4.38. The van der Waals surface area contributed by atoms with Crippen LogP contribution in [0.5, 0.6) is 0 Å². The van der Waals surface area contributed by atoms with Crippen LogP contribution >= 0.6 is 0 Å². The van der Waals surface area contributed by atoms with Gasteiger partial charge in [0, 0.05) is 12.6 Å². The van der Waals surface area contributed by atoms with Crippen molar-refractivity contribution >= 4 is 0 Å². The largest absolute Gasteiger partial charge is 0.315 e. The fourth-order valence-electron chi connectivity index (χ4n) is 2.17. The third-order valence-electron chi connectivity index (χ3n) is 3.18. The normalized spacial score (nSPS) is 23.7. The van der Waals surface area contributed by atoms with E-state index in [4.69, 9.17) is 0 Å². The summed E-state index contributed by atoms with van der Waals surface area (Å²) in [5.74, 6) is 0. The second-order valence-electron chi connectivity index (χ2n) is 4.38. The van der Waals surface area contributed by atoms with Crippen molar-refractivity contribution in [2.75, 3.05) is 26.7 Å². The molecule has 1 saturated heterocycles. The van der Waals surface area contributed by atoms with E-state index in [2.05, 4.69) is 47.6 Å². The molecule has 1 aliphatic heterocycles. The van der Waals surface area contributed by atoms with E-state index in [1.807, 2.05) is 0 Å². The van der Waals surface area contributed by atoms with Gasteiger partial charge in [-0.25, -0.2) is 0 Å². The molecule has 0 aromatic heterocycles. The Morgan fingerprint density at radius 2 is 2.13 bits per heavy atom. The van der Waals surface area contributed by atoms with Crippen LogP contribution in [0.3, 0.4) is 0 Å². The predicted molar refractivity (Wildman–Crippen MR) is 64.1 cm³/mol. The summed E-state index contributed by atoms with van der Waals surface area (Å²) in [5.41, 5.74) is 1.44. The smallest absolute Gasteiger partial charge is 0.0257 e. The molecule has 0 bridgehead atoms. The average Bonchev–Trinajstić information content (AvgIpc) is 2.46. The molecular weight excluding hydrogens is 184 g/mol. The highest BCUT2D eigenvalue weighted by atomic mass is 15.2. The SMILES string of the molecule is CN1CCCNCC1Cc1ccccc1. The van der Waals surface area contributed by atoms with Gasteiger partial charge in [0.05, 0.1) is 0 Å². The molecule has 1 aromatic carbocycles. The molecule has 1 atom stereocenters. The van der Waals surface area contributed by atoms with Crippen molar-refractivity contribution < 1.29 is 0 Å². The Kier molecular flexibility index (Phi) is 3.75. The van der Waals surface area contributed by atoms with Crippen LogP contribution in [0.4, 0.5) is 0 Å². The van der Waals surface area contributed by atoms with Gasteiger partial charge in [-0.05, 0) is 38.5 Å². The molecule has 82 valence electrons. The molecule has 1 fully saturated rings. The molecule has 1 aliphatic rings. The first kappa shape index (κ1) is 10.7. The third kappa shape index (κ3) is 3.05. The quantitative estimate of drug-likeness (QED) is 0.786. The summed E-state index contributed by atoms with van der Waals surface area (Å²) < 4.78 is 0. The Bertz CT molecular complexity index is 284. The number of benzene rings is 1. The highest BCUT2D eigenvalue weighted by Gasteiger charge is 2.16. The highest BCUT2D eigenvalue weighted by Crippen LogP contribution is 2.09. The molecule has 1 unspecified atom stereocenters. The Morgan fingerprint density at radius 1 is 1.33 bits per heavy atom. The summed E-state index contributed by atoms with van der Waals surface area (Å²) in [6.07, 6.45) is 2.42. The van der Waals surface area contributed by atoms with E-state index < -0.39 is 0 Å². The van der Waals surface area contributed by atoms with E-state index >= 15 is 0 Å². The minimum absolute atomic E-state index is 0.648. The van der Waals surface area contributed by atoms with Crippen molar-refractivity contribution in [2.45, 2.75) is 18.9 Å². The van der Waals surface area contributed by atoms with Crippen LogP contribution in [0, 0.1) is 0 Å². The molecule has 2 heteroatoms. The van der Waals surface area contributed by atoms with Gasteiger partial charge in [0.15, 0.2) is 0 Å². The lowest BCUT2D eigenvalue weighted by Gasteiger charge is -2.25. The fourth-order valence-corrected chi connectivity index (χ4v) is 2.17. The topological polar surface area (TPSA) is 15.3 Å². The van der Waals surface area contributed by atoms with Crippen LogP contribution in [0.15, 0.2) is 30.3 Å². The molecule has 0 saturated carbocycles. The summed E-state index contributed by atoms with van der Waals surface area (Å²) in [5, 5.41) is 3.51. The van der Waals surface area contributed by atoms with E-state index in [1.54, 1.807) is 0 Å². The molecule has 2 rings (SSSR count). The van der Waals surface area contributed by atoms with Crippen LogP contribution in [-0.4, -0.2) is 37.6 Å². The van der Waals surface area contributed by atoms with Crippen LogP contribution in [-0.2, 0) is 6.42 Å². The Hall–Kier alpha value is -0.860. The van der Waals surface area contributed by atoms with Crippen LogP contribution in [0.2, 0.25) is 0 Å². The number of hydrogen-bond donors (Lipinski definition) is 1. The lowest BCUT2D eigenvalue weighted by molar-refractivity contribution is 0.256. The number of likely N-dealkylation sites (N-methyl/N-ethyl adjacent to an activating group) is 1. The van der Waals surface area contributed by atoms with E-state index in [-0.39, 0.29) is 0 Å². The zero-order valence-electron chi connectivity index (χ0n) is 9.45. The van der Waals surface area contributed by atoms with Gasteiger partial charge in [-0.1, -0.05) is 30.3 Å². The van der Waals surface area contributed by atoms with Crippen molar-refractivity contribution in [3.8, 4) is 0 Å². The van der Waals surface area contributed by atoms with Gasteiger partial charge in [0.25, 0.3) is 0 Å². The van der Waals surface area contributed by atoms with E-state index in [9.17, 15) is 0 Å². The molecule has 1 aromatic rings. The summed E-state index contributed by atoms with van der Waals surface area (Å²) >= 11 is 0. The maximum absolute atomic E-state index is 3.51. The van der Waals surface area contributed by atoms with Crippen LogP contribution in [0.1, 0.15) is 12.0 Å². The maximum atomic E-state index is 3.51. The summed E-state index contributed by atoms with van der Waals surface area (Å²) in [4.78, 5) is 2.48. The number of nitrogens with zero attached hydrogens (tertiary/aromatic N) is 1. The maximum Gasteiger partial charge on any atom is 0.0257 e. The molecule has 2 nitrogen and oxygen atoms in total. The van der Waals surface area contributed by atoms with Crippen molar-refractivity contribution in [1.29, 1.82) is 0 Å². The zero-order valence-corrected chi connectivity index (χ0v) is 9.45. The monoisotopic (exact) mass is 204 g/mol. The summed E-state index contributed by atoms with van der Waals surface area (Å²) in [7, 11) is 2.24. The lowest BCUT2D eigenvalue weighted by Crippen LogP contribution is -2.38. The second kappa shape index (κ2) is 5.29. The van der Waals surface area contributed by atoms with Crippen molar-refractivity contribution in [3.63, 3.8) is 0 Å². The Labute approximate surface area is 92.3 Å². The molecule has 0 spiro atoms. The molecule has 0 radical (unpaired) electrons. The first-order chi connectivity index (χ1) is 7.36. The lowest BCUT2D eigenvalue weighted by atomic mass is 10.1. The Balaban J connectivity index is 1.97. The first-order valence-electron chi connectivity index (χ1n) is 5.81. The van der Waals surface area contributed by atoms with Gasteiger partial charge in [0.2, 0.25) is 0 Å². The third-order valence-corrected chi connectivity index (χ3v) is 3.18. The first-order valence-corrected chi connectivity index (χ1v) is 5.81. The zero-order chi connectivity index (χ0) is 10.5. The summed E-state index contributed by atoms with van der Waals surface area (Å²) in [6, 6.07) is 11.4. The fraction of sp³-hybridized carbons (Fsp3) is 0.538. The van der Waals surface area contributed by atoms with Gasteiger partial charge in [-0.2, -0.15) is 0 Å². The molecule has 1 N–H and O–H groups in total. The van der Waals surface area contributed by atoms with Gasteiger partial charge in [0.1, 0.15) is 0 Å². The van der Waals surface area contributed by atoms with E-state index in [1.165, 1.54) is 18.5 Å². The van der Waals surface area contributed by atoms with Gasteiger partial charge in [-0.15, -0.1) is 0 Å². The van der Waals surface area contributed by atoms with E-state index in [0.717, 1.165) is 19.5 Å². The number of rotatable bonds is 2. The van der Waals surface area contributed by atoms with Gasteiger partial charge < -0.3 is 10.2 Å². The van der Waals surface area contributed by atoms with E-state index in [0.29, 0.717) is 6.04 Å². The van der Waals surface area contributed by atoms with Gasteiger partial charge in [-0.3, -0.25) is 0 Å². The molecular formula is C13H20N2. The minimum atomic E-state index is 0.648. The number of hydrogen-bond acceptors (Lipinski definition) is 2. The molecule has 0 aliphatic carbocycles. The van der Waals surface area contributed by atoms with Crippen molar-refractivity contribution in [3.05, 3.63) is 35.9 Å². The predicted octanol–water partition coefficient (Wildman–Crippen LogP) is 1.52. The molecule has 0 amide bonds.